The van der Waals surface area contributed by atoms with E-state index >= 15 is 0 Å². The van der Waals surface area contributed by atoms with Crippen LogP contribution in [0.4, 0.5) is 0 Å². The van der Waals surface area contributed by atoms with Gasteiger partial charge in [0.1, 0.15) is 5.78 Å². The summed E-state index contributed by atoms with van der Waals surface area (Å²) in [6, 6.07) is 9.52. The first-order valence-electron chi connectivity index (χ1n) is 9.12. The number of hydrogen-bond acceptors (Lipinski definition) is 2. The van der Waals surface area contributed by atoms with E-state index in [0.717, 1.165) is 38.6 Å². The van der Waals surface area contributed by atoms with E-state index in [2.05, 4.69) is 36.5 Å². The lowest BCUT2D eigenvalue weighted by Gasteiger charge is -2.44. The number of hydrogen-bond donors (Lipinski definition) is 1. The number of fused-ring (bicyclic) bond motifs is 4. The average Bonchev–Trinajstić information content (AvgIpc) is 2.53. The van der Waals surface area contributed by atoms with Gasteiger partial charge in [0.05, 0.1) is 0 Å². The number of Topliss-reactive ketones (excluding diaryl/α,β-unsaturated/α-hetero) is 1. The van der Waals surface area contributed by atoms with Gasteiger partial charge in [0.2, 0.25) is 0 Å². The molecule has 1 fully saturated rings. The molecule has 22 heavy (non-hydrogen) atoms. The fourth-order valence-corrected chi connectivity index (χ4v) is 4.43. The summed E-state index contributed by atoms with van der Waals surface area (Å²) in [5.41, 5.74) is 3.08. The van der Waals surface area contributed by atoms with Crippen LogP contribution in [0.2, 0.25) is 0 Å². The van der Waals surface area contributed by atoms with E-state index in [-0.39, 0.29) is 0 Å². The van der Waals surface area contributed by atoms with Crippen LogP contribution in [0.1, 0.15) is 68.9 Å². The summed E-state index contributed by atoms with van der Waals surface area (Å²) >= 11 is 0. The summed E-state index contributed by atoms with van der Waals surface area (Å²) in [4.78, 5) is 12.1. The molecule has 3 unspecified atom stereocenters. The first-order valence-corrected chi connectivity index (χ1v) is 9.12. The lowest BCUT2D eigenvalue weighted by Crippen LogP contribution is -2.49. The van der Waals surface area contributed by atoms with Crippen LogP contribution >= 0.6 is 0 Å². The fourth-order valence-electron chi connectivity index (χ4n) is 4.43. The van der Waals surface area contributed by atoms with Crippen LogP contribution in [0.25, 0.3) is 0 Å². The minimum atomic E-state index is 0.477. The first kappa shape index (κ1) is 15.7. The third-order valence-corrected chi connectivity index (χ3v) is 5.61. The quantitative estimate of drug-likeness (QED) is 0.763. The zero-order chi connectivity index (χ0) is 15.4. The molecule has 1 aliphatic carbocycles. The van der Waals surface area contributed by atoms with Gasteiger partial charge < -0.3 is 5.32 Å². The van der Waals surface area contributed by atoms with E-state index in [0.29, 0.717) is 23.7 Å². The molecule has 1 aromatic carbocycles. The minimum Gasteiger partial charge on any atom is -0.313 e. The van der Waals surface area contributed by atoms with Crippen molar-refractivity contribution in [2.45, 2.75) is 70.3 Å². The molecule has 0 saturated carbocycles. The number of carbonyl (C=O) groups excluding carboxylic acids is 1. The summed E-state index contributed by atoms with van der Waals surface area (Å²) in [6.45, 7) is 3.32. The smallest absolute Gasteiger partial charge is 0.132 e. The van der Waals surface area contributed by atoms with Gasteiger partial charge in [-0.2, -0.15) is 0 Å². The van der Waals surface area contributed by atoms with Crippen molar-refractivity contribution >= 4 is 5.78 Å². The van der Waals surface area contributed by atoms with Crippen molar-refractivity contribution in [1.82, 2.24) is 5.32 Å². The maximum atomic E-state index is 12.1. The van der Waals surface area contributed by atoms with Crippen molar-refractivity contribution in [3.8, 4) is 0 Å². The highest BCUT2D eigenvalue weighted by molar-refractivity contribution is 5.78. The van der Waals surface area contributed by atoms with Gasteiger partial charge in [-0.25, -0.2) is 0 Å². The zero-order valence-electron chi connectivity index (χ0n) is 13.8. The van der Waals surface area contributed by atoms with Gasteiger partial charge in [0.25, 0.3) is 0 Å². The van der Waals surface area contributed by atoms with Crippen molar-refractivity contribution in [2.24, 2.45) is 5.92 Å². The molecule has 1 heterocycles. The Bertz CT molecular complexity index is 510. The summed E-state index contributed by atoms with van der Waals surface area (Å²) in [7, 11) is 0. The van der Waals surface area contributed by atoms with Crippen molar-refractivity contribution in [3.05, 3.63) is 35.4 Å². The molecule has 0 radical (unpaired) electrons. The summed E-state index contributed by atoms with van der Waals surface area (Å²) in [5, 5.41) is 3.71. The molecule has 1 aromatic rings. The molecule has 3 rings (SSSR count). The fraction of sp³-hybridized carbons (Fsp3) is 0.650. The van der Waals surface area contributed by atoms with Gasteiger partial charge in [-0.15, -0.1) is 0 Å². The molecule has 2 nitrogen and oxygen atoms in total. The Morgan fingerprint density at radius 1 is 1.23 bits per heavy atom. The maximum Gasteiger partial charge on any atom is 0.132 e. The van der Waals surface area contributed by atoms with E-state index in [1.165, 1.54) is 24.8 Å². The van der Waals surface area contributed by atoms with Crippen LogP contribution in [-0.2, 0) is 11.2 Å². The Morgan fingerprint density at radius 3 is 2.95 bits per heavy atom. The molecule has 1 aliphatic heterocycles. The Kier molecular flexibility index (Phi) is 5.30. The number of rotatable bonds is 7. The van der Waals surface area contributed by atoms with Crippen LogP contribution in [-0.4, -0.2) is 18.4 Å². The van der Waals surface area contributed by atoms with E-state index in [4.69, 9.17) is 0 Å². The van der Waals surface area contributed by atoms with Crippen molar-refractivity contribution < 1.29 is 4.79 Å². The van der Waals surface area contributed by atoms with E-state index in [9.17, 15) is 4.79 Å². The van der Waals surface area contributed by atoms with Crippen molar-refractivity contribution in [3.63, 3.8) is 0 Å². The number of piperidine rings is 1. The number of ketones is 1. The lowest BCUT2D eigenvalue weighted by atomic mass is 9.67. The number of carbonyl (C=O) groups is 1. The van der Waals surface area contributed by atoms with Crippen LogP contribution in [0.15, 0.2) is 24.3 Å². The zero-order valence-corrected chi connectivity index (χ0v) is 13.8. The van der Waals surface area contributed by atoms with Crippen LogP contribution in [0.3, 0.4) is 0 Å². The molecule has 1 saturated heterocycles. The van der Waals surface area contributed by atoms with Gasteiger partial charge in [0.15, 0.2) is 0 Å². The summed E-state index contributed by atoms with van der Waals surface area (Å²) < 4.78 is 0. The predicted octanol–water partition coefficient (Wildman–Crippen LogP) is 4.23. The molecule has 120 valence electrons. The van der Waals surface area contributed by atoms with Gasteiger partial charge in [-0.05, 0) is 55.2 Å². The molecule has 1 N–H and O–H groups in total. The molecule has 2 bridgehead atoms. The Morgan fingerprint density at radius 2 is 2.09 bits per heavy atom. The second-order valence-corrected chi connectivity index (χ2v) is 7.06. The second kappa shape index (κ2) is 7.41. The molecule has 0 aromatic heterocycles. The summed E-state index contributed by atoms with van der Waals surface area (Å²) in [6.07, 6.45) is 8.47. The molecular weight excluding hydrogens is 270 g/mol. The Hall–Kier alpha value is -1.15. The Balaban J connectivity index is 1.61. The average molecular weight is 299 g/mol. The SMILES string of the molecule is CCCCCC(=O)CCC1C2Cc3ccccc3C1CCN2. The highest BCUT2D eigenvalue weighted by atomic mass is 16.1. The van der Waals surface area contributed by atoms with Crippen molar-refractivity contribution in [1.29, 1.82) is 0 Å². The maximum absolute atomic E-state index is 12.1. The third-order valence-electron chi connectivity index (χ3n) is 5.61. The van der Waals surface area contributed by atoms with Gasteiger partial charge in [0, 0.05) is 18.9 Å². The third kappa shape index (κ3) is 3.43. The van der Waals surface area contributed by atoms with Gasteiger partial charge in [-0.3, -0.25) is 4.79 Å². The molecular formula is C20H29NO. The highest BCUT2D eigenvalue weighted by Crippen LogP contribution is 2.43. The van der Waals surface area contributed by atoms with E-state index < -0.39 is 0 Å². The normalized spacial score (nSPS) is 26.5. The predicted molar refractivity (Wildman–Crippen MR) is 91.2 cm³/mol. The van der Waals surface area contributed by atoms with Gasteiger partial charge >= 0.3 is 0 Å². The monoisotopic (exact) mass is 299 g/mol. The first-order chi connectivity index (χ1) is 10.8. The summed E-state index contributed by atoms with van der Waals surface area (Å²) in [5.74, 6) is 1.80. The van der Waals surface area contributed by atoms with Crippen LogP contribution in [0.5, 0.6) is 0 Å². The largest absolute Gasteiger partial charge is 0.313 e. The second-order valence-electron chi connectivity index (χ2n) is 7.06. The number of nitrogens with one attached hydrogen (secondary N) is 1. The highest BCUT2D eigenvalue weighted by Gasteiger charge is 2.38. The molecule has 2 heteroatoms. The lowest BCUT2D eigenvalue weighted by molar-refractivity contribution is -0.119. The van der Waals surface area contributed by atoms with Crippen LogP contribution in [0, 0.1) is 5.92 Å². The molecule has 0 spiro atoms. The number of benzene rings is 1. The Labute approximate surface area is 134 Å². The number of unbranched alkanes of at least 4 members (excludes halogenated alkanes) is 2. The van der Waals surface area contributed by atoms with Crippen LogP contribution < -0.4 is 5.32 Å². The van der Waals surface area contributed by atoms with E-state index in [1.807, 2.05) is 0 Å². The molecule has 0 amide bonds. The molecule has 3 atom stereocenters. The topological polar surface area (TPSA) is 29.1 Å². The van der Waals surface area contributed by atoms with Crippen molar-refractivity contribution in [2.75, 3.05) is 6.54 Å². The van der Waals surface area contributed by atoms with E-state index in [1.54, 1.807) is 5.56 Å². The molecule has 2 aliphatic rings. The minimum absolute atomic E-state index is 0.477. The van der Waals surface area contributed by atoms with Gasteiger partial charge in [-0.1, -0.05) is 44.0 Å². The standard InChI is InChI=1S/C20H29NO/c1-2-3-4-8-16(22)10-11-19-18-12-13-21-20(19)14-15-7-5-6-9-17(15)18/h5-7,9,18-21H,2-4,8,10-14H2,1H3.